The number of ether oxygens (including phenoxy) is 1. The summed E-state index contributed by atoms with van der Waals surface area (Å²) >= 11 is 5.96. The first-order valence-corrected chi connectivity index (χ1v) is 7.00. The van der Waals surface area contributed by atoms with E-state index in [1.54, 1.807) is 0 Å². The van der Waals surface area contributed by atoms with E-state index < -0.39 is 0 Å². The number of anilines is 1. The van der Waals surface area contributed by atoms with Crippen molar-refractivity contribution in [3.05, 3.63) is 28.8 Å². The molecule has 0 saturated heterocycles. The SMILES string of the molecule is CC1(C)CCC(OCc2cc(Cl)ccc2N)CC1. The van der Waals surface area contributed by atoms with Gasteiger partial charge in [-0.3, -0.25) is 0 Å². The Morgan fingerprint density at radius 1 is 1.33 bits per heavy atom. The van der Waals surface area contributed by atoms with Crippen LogP contribution in [0.3, 0.4) is 0 Å². The Balaban J connectivity index is 1.87. The monoisotopic (exact) mass is 267 g/mol. The molecule has 0 atom stereocenters. The van der Waals surface area contributed by atoms with Crippen molar-refractivity contribution >= 4 is 17.3 Å². The van der Waals surface area contributed by atoms with Crippen LogP contribution in [-0.2, 0) is 11.3 Å². The summed E-state index contributed by atoms with van der Waals surface area (Å²) in [5, 5.41) is 0.715. The van der Waals surface area contributed by atoms with Crippen LogP contribution in [0.15, 0.2) is 18.2 Å². The molecule has 0 unspecified atom stereocenters. The lowest BCUT2D eigenvalue weighted by Gasteiger charge is -2.34. The third kappa shape index (κ3) is 3.63. The molecule has 1 aliphatic rings. The van der Waals surface area contributed by atoms with E-state index in [0.29, 0.717) is 23.1 Å². The standard InChI is InChI=1S/C15H22ClNO/c1-15(2)7-5-13(6-8-15)18-10-11-9-12(16)3-4-14(11)17/h3-4,9,13H,5-8,10,17H2,1-2H3. The Kier molecular flexibility index (Phi) is 4.18. The smallest absolute Gasteiger partial charge is 0.0741 e. The summed E-state index contributed by atoms with van der Waals surface area (Å²) < 4.78 is 5.96. The molecular weight excluding hydrogens is 246 g/mol. The molecule has 1 fully saturated rings. The molecule has 1 aromatic rings. The van der Waals surface area contributed by atoms with Crippen molar-refractivity contribution in [2.75, 3.05) is 5.73 Å². The van der Waals surface area contributed by atoms with Crippen molar-refractivity contribution in [3.8, 4) is 0 Å². The molecule has 1 saturated carbocycles. The molecule has 0 bridgehead atoms. The average Bonchev–Trinajstić information content (AvgIpc) is 2.32. The number of rotatable bonds is 3. The summed E-state index contributed by atoms with van der Waals surface area (Å²) in [5.74, 6) is 0. The lowest BCUT2D eigenvalue weighted by molar-refractivity contribution is -0.00535. The van der Waals surface area contributed by atoms with Gasteiger partial charge in [0, 0.05) is 16.3 Å². The fraction of sp³-hybridized carbons (Fsp3) is 0.600. The molecule has 0 aromatic heterocycles. The predicted molar refractivity (Wildman–Crippen MR) is 76.7 cm³/mol. The zero-order valence-electron chi connectivity index (χ0n) is 11.2. The molecule has 0 spiro atoms. The van der Waals surface area contributed by atoms with Gasteiger partial charge < -0.3 is 10.5 Å². The van der Waals surface area contributed by atoms with Crippen LogP contribution in [0.25, 0.3) is 0 Å². The van der Waals surface area contributed by atoms with Gasteiger partial charge in [0.05, 0.1) is 12.7 Å². The van der Waals surface area contributed by atoms with E-state index in [1.807, 2.05) is 18.2 Å². The topological polar surface area (TPSA) is 35.2 Å². The zero-order chi connectivity index (χ0) is 13.2. The van der Waals surface area contributed by atoms with Crippen molar-refractivity contribution in [1.29, 1.82) is 0 Å². The maximum absolute atomic E-state index is 5.96. The Morgan fingerprint density at radius 3 is 2.67 bits per heavy atom. The van der Waals surface area contributed by atoms with E-state index >= 15 is 0 Å². The van der Waals surface area contributed by atoms with Gasteiger partial charge in [0.2, 0.25) is 0 Å². The Labute approximate surface area is 114 Å². The van der Waals surface area contributed by atoms with Crippen molar-refractivity contribution in [2.24, 2.45) is 5.41 Å². The van der Waals surface area contributed by atoms with E-state index in [9.17, 15) is 0 Å². The lowest BCUT2D eigenvalue weighted by atomic mass is 9.76. The molecular formula is C15H22ClNO. The molecule has 2 N–H and O–H groups in total. The van der Waals surface area contributed by atoms with Crippen molar-refractivity contribution < 1.29 is 4.74 Å². The van der Waals surface area contributed by atoms with Crippen molar-refractivity contribution in [3.63, 3.8) is 0 Å². The predicted octanol–water partition coefficient (Wildman–Crippen LogP) is 4.41. The first kappa shape index (κ1) is 13.7. The van der Waals surface area contributed by atoms with Gasteiger partial charge in [-0.1, -0.05) is 25.4 Å². The molecule has 0 aliphatic heterocycles. The average molecular weight is 268 g/mol. The quantitative estimate of drug-likeness (QED) is 0.824. The highest BCUT2D eigenvalue weighted by Gasteiger charge is 2.27. The summed E-state index contributed by atoms with van der Waals surface area (Å²) in [7, 11) is 0. The first-order valence-electron chi connectivity index (χ1n) is 6.62. The van der Waals surface area contributed by atoms with Crippen LogP contribution in [0.1, 0.15) is 45.1 Å². The Bertz CT molecular complexity index is 407. The molecule has 1 aliphatic carbocycles. The van der Waals surface area contributed by atoms with Crippen LogP contribution in [0, 0.1) is 5.41 Å². The molecule has 100 valence electrons. The Hall–Kier alpha value is -0.730. The molecule has 2 nitrogen and oxygen atoms in total. The highest BCUT2D eigenvalue weighted by atomic mass is 35.5. The summed E-state index contributed by atoms with van der Waals surface area (Å²) in [6.45, 7) is 5.23. The molecule has 0 radical (unpaired) electrons. The minimum absolute atomic E-state index is 0.372. The minimum Gasteiger partial charge on any atom is -0.398 e. The third-order valence-electron chi connectivity index (χ3n) is 3.87. The van der Waals surface area contributed by atoms with E-state index in [-0.39, 0.29) is 0 Å². The molecule has 1 aromatic carbocycles. The van der Waals surface area contributed by atoms with Crippen molar-refractivity contribution in [2.45, 2.75) is 52.2 Å². The summed E-state index contributed by atoms with van der Waals surface area (Å²) in [5.41, 5.74) is 8.14. The second-order valence-corrected chi connectivity index (χ2v) is 6.45. The van der Waals surface area contributed by atoms with Gasteiger partial charge in [0.1, 0.15) is 0 Å². The fourth-order valence-corrected chi connectivity index (χ4v) is 2.64. The van der Waals surface area contributed by atoms with Gasteiger partial charge in [0.25, 0.3) is 0 Å². The highest BCUT2D eigenvalue weighted by Crippen LogP contribution is 2.36. The lowest BCUT2D eigenvalue weighted by Crippen LogP contribution is -2.26. The third-order valence-corrected chi connectivity index (χ3v) is 4.10. The molecule has 3 heteroatoms. The van der Waals surface area contributed by atoms with Crippen LogP contribution in [-0.4, -0.2) is 6.10 Å². The van der Waals surface area contributed by atoms with Gasteiger partial charge >= 0.3 is 0 Å². The largest absolute Gasteiger partial charge is 0.398 e. The molecule has 2 rings (SSSR count). The number of hydrogen-bond acceptors (Lipinski definition) is 2. The second kappa shape index (κ2) is 5.50. The van der Waals surface area contributed by atoms with Crippen LogP contribution in [0.2, 0.25) is 5.02 Å². The van der Waals surface area contributed by atoms with Crippen molar-refractivity contribution in [1.82, 2.24) is 0 Å². The second-order valence-electron chi connectivity index (χ2n) is 6.02. The highest BCUT2D eigenvalue weighted by molar-refractivity contribution is 6.30. The normalized spacial score (nSPS) is 19.9. The van der Waals surface area contributed by atoms with Crippen LogP contribution in [0.4, 0.5) is 5.69 Å². The van der Waals surface area contributed by atoms with E-state index in [0.717, 1.165) is 24.1 Å². The molecule has 0 heterocycles. The number of hydrogen-bond donors (Lipinski definition) is 1. The molecule has 18 heavy (non-hydrogen) atoms. The van der Waals surface area contributed by atoms with Gasteiger partial charge in [-0.2, -0.15) is 0 Å². The number of nitrogens with two attached hydrogens (primary N) is 1. The van der Waals surface area contributed by atoms with E-state index in [2.05, 4.69) is 13.8 Å². The number of halogens is 1. The maximum atomic E-state index is 5.96. The van der Waals surface area contributed by atoms with Gasteiger partial charge in [-0.25, -0.2) is 0 Å². The summed E-state index contributed by atoms with van der Waals surface area (Å²) in [4.78, 5) is 0. The Morgan fingerprint density at radius 2 is 2.00 bits per heavy atom. The summed E-state index contributed by atoms with van der Waals surface area (Å²) in [6.07, 6.45) is 5.14. The van der Waals surface area contributed by atoms with E-state index in [1.165, 1.54) is 12.8 Å². The first-order chi connectivity index (χ1) is 8.46. The fourth-order valence-electron chi connectivity index (χ4n) is 2.45. The van der Waals surface area contributed by atoms with Crippen LogP contribution >= 0.6 is 11.6 Å². The maximum Gasteiger partial charge on any atom is 0.0741 e. The number of nitrogen functional groups attached to an aromatic ring is 1. The van der Waals surface area contributed by atoms with Crippen LogP contribution in [0.5, 0.6) is 0 Å². The number of benzene rings is 1. The van der Waals surface area contributed by atoms with Gasteiger partial charge in [0.15, 0.2) is 0 Å². The van der Waals surface area contributed by atoms with Gasteiger partial charge in [-0.15, -0.1) is 0 Å². The van der Waals surface area contributed by atoms with Gasteiger partial charge in [-0.05, 0) is 49.3 Å². The molecule has 0 amide bonds. The van der Waals surface area contributed by atoms with E-state index in [4.69, 9.17) is 22.1 Å². The van der Waals surface area contributed by atoms with Crippen LogP contribution < -0.4 is 5.73 Å². The summed E-state index contributed by atoms with van der Waals surface area (Å²) in [6, 6.07) is 5.54. The minimum atomic E-state index is 0.372. The zero-order valence-corrected chi connectivity index (χ0v) is 12.0.